The first kappa shape index (κ1) is 21.0. The average Bonchev–Trinajstić information content (AvgIpc) is 2.59. The molecule has 0 unspecified atom stereocenters. The number of fused-ring (bicyclic) bond motifs is 1. The number of halogens is 1. The molecule has 2 aromatic rings. The molecule has 7 nitrogen and oxygen atoms in total. The highest BCUT2D eigenvalue weighted by atomic mass is 32.2. The first-order chi connectivity index (χ1) is 13.5. The van der Waals surface area contributed by atoms with Crippen molar-refractivity contribution in [2.75, 3.05) is 9.62 Å². The maximum atomic E-state index is 13.3. The van der Waals surface area contributed by atoms with Crippen molar-refractivity contribution in [3.05, 3.63) is 48.0 Å². The molecule has 1 aliphatic rings. The number of sulfonamides is 1. The summed E-state index contributed by atoms with van der Waals surface area (Å²) in [4.78, 5) is 16.4. The summed E-state index contributed by atoms with van der Waals surface area (Å²) in [6.07, 6.45) is 2.02. The number of hydrogen-bond donors (Lipinski definition) is 1. The van der Waals surface area contributed by atoms with Crippen LogP contribution in [0.5, 0.6) is 0 Å². The van der Waals surface area contributed by atoms with Crippen molar-refractivity contribution in [3.8, 4) is 0 Å². The van der Waals surface area contributed by atoms with Gasteiger partial charge in [-0.2, -0.15) is 0 Å². The van der Waals surface area contributed by atoms with E-state index in [1.165, 1.54) is 22.6 Å². The van der Waals surface area contributed by atoms with Crippen molar-refractivity contribution in [1.82, 2.24) is 4.98 Å². The quantitative estimate of drug-likeness (QED) is 0.806. The highest BCUT2D eigenvalue weighted by molar-refractivity contribution is 7.92. The van der Waals surface area contributed by atoms with Crippen LogP contribution in [0.15, 0.2) is 41.4 Å². The van der Waals surface area contributed by atoms with Crippen LogP contribution in [0, 0.1) is 5.82 Å². The lowest BCUT2D eigenvalue weighted by Gasteiger charge is -2.35. The van der Waals surface area contributed by atoms with Gasteiger partial charge in [-0.1, -0.05) is 0 Å². The molecule has 0 bridgehead atoms. The van der Waals surface area contributed by atoms with Crippen LogP contribution in [-0.4, -0.2) is 31.1 Å². The minimum atomic E-state index is -3.93. The number of aromatic nitrogens is 1. The van der Waals surface area contributed by atoms with Crippen LogP contribution in [0.4, 0.5) is 20.6 Å². The number of hydrogen-bond acceptors (Lipinski definition) is 5. The van der Waals surface area contributed by atoms with Gasteiger partial charge in [0, 0.05) is 6.04 Å². The molecule has 29 heavy (non-hydrogen) atoms. The molecule has 1 aromatic heterocycles. The highest BCUT2D eigenvalue weighted by Crippen LogP contribution is 2.36. The molecule has 0 saturated heterocycles. The predicted molar refractivity (Wildman–Crippen MR) is 108 cm³/mol. The fourth-order valence-corrected chi connectivity index (χ4v) is 4.84. The molecule has 0 saturated carbocycles. The molecule has 1 aromatic carbocycles. The van der Waals surface area contributed by atoms with Crippen LogP contribution in [-0.2, 0) is 21.2 Å². The fraction of sp³-hybridized carbons (Fsp3) is 0.400. The fourth-order valence-electron chi connectivity index (χ4n) is 3.14. The van der Waals surface area contributed by atoms with Gasteiger partial charge in [0.2, 0.25) is 0 Å². The number of carbonyl (C=O) groups excluding carboxylic acids is 1. The van der Waals surface area contributed by atoms with E-state index in [4.69, 9.17) is 4.74 Å². The van der Waals surface area contributed by atoms with Gasteiger partial charge in [-0.05, 0) is 70.9 Å². The zero-order valence-electron chi connectivity index (χ0n) is 16.8. The molecule has 0 fully saturated rings. The summed E-state index contributed by atoms with van der Waals surface area (Å²) in [6, 6.07) is 5.95. The molecule has 1 aliphatic heterocycles. The predicted octanol–water partition coefficient (Wildman–Crippen LogP) is 4.10. The lowest BCUT2D eigenvalue weighted by atomic mass is 10.0. The molecule has 1 amide bonds. The Morgan fingerprint density at radius 3 is 2.55 bits per heavy atom. The molecule has 0 aliphatic carbocycles. The van der Waals surface area contributed by atoms with Crippen molar-refractivity contribution in [3.63, 3.8) is 0 Å². The number of benzene rings is 1. The molecule has 2 heterocycles. The van der Waals surface area contributed by atoms with Crippen LogP contribution < -0.4 is 9.62 Å². The molecule has 3 rings (SSSR count). The topological polar surface area (TPSA) is 88.6 Å². The van der Waals surface area contributed by atoms with Gasteiger partial charge in [0.05, 0.1) is 28.2 Å². The second-order valence-electron chi connectivity index (χ2n) is 7.96. The standard InChI is InChI=1S/C20H24FN3O4S/c1-13-5-10-17-18(11-15(12-22-17)23-19(25)28-20(2,3)4)24(13)29(26,27)16-8-6-14(21)7-9-16/h6-9,11-13H,5,10H2,1-4H3,(H,23,25)/t13-/m0/s1. The van der Waals surface area contributed by atoms with Gasteiger partial charge in [-0.3, -0.25) is 14.6 Å². The van der Waals surface area contributed by atoms with Gasteiger partial charge in [-0.25, -0.2) is 17.6 Å². The van der Waals surface area contributed by atoms with Gasteiger partial charge in [0.1, 0.15) is 11.4 Å². The number of aryl methyl sites for hydroxylation is 1. The molecule has 0 radical (unpaired) electrons. The van der Waals surface area contributed by atoms with E-state index < -0.39 is 27.5 Å². The minimum Gasteiger partial charge on any atom is -0.444 e. The first-order valence-electron chi connectivity index (χ1n) is 9.26. The highest BCUT2D eigenvalue weighted by Gasteiger charge is 2.35. The van der Waals surface area contributed by atoms with Gasteiger partial charge in [0.15, 0.2) is 0 Å². The van der Waals surface area contributed by atoms with Gasteiger partial charge in [-0.15, -0.1) is 0 Å². The lowest BCUT2D eigenvalue weighted by Crippen LogP contribution is -2.42. The Labute approximate surface area is 169 Å². The number of carbonyl (C=O) groups is 1. The van der Waals surface area contributed by atoms with Gasteiger partial charge >= 0.3 is 6.09 Å². The largest absolute Gasteiger partial charge is 0.444 e. The Kier molecular flexibility index (Phi) is 5.53. The maximum absolute atomic E-state index is 13.3. The molecule has 1 atom stereocenters. The van der Waals surface area contributed by atoms with E-state index >= 15 is 0 Å². The van der Waals surface area contributed by atoms with E-state index in [1.807, 2.05) is 0 Å². The Morgan fingerprint density at radius 2 is 1.93 bits per heavy atom. The summed E-state index contributed by atoms with van der Waals surface area (Å²) in [7, 11) is -3.93. The van der Waals surface area contributed by atoms with Crippen molar-refractivity contribution in [2.45, 2.75) is 57.1 Å². The van der Waals surface area contributed by atoms with E-state index in [0.717, 1.165) is 12.1 Å². The molecule has 9 heteroatoms. The Bertz CT molecular complexity index is 1020. The number of anilines is 2. The molecular weight excluding hydrogens is 397 g/mol. The lowest BCUT2D eigenvalue weighted by molar-refractivity contribution is 0.0636. The summed E-state index contributed by atoms with van der Waals surface area (Å²) >= 11 is 0. The van der Waals surface area contributed by atoms with E-state index in [-0.39, 0.29) is 10.9 Å². The third kappa shape index (κ3) is 4.67. The summed E-state index contributed by atoms with van der Waals surface area (Å²) in [5.74, 6) is -0.512. The Morgan fingerprint density at radius 1 is 1.28 bits per heavy atom. The van der Waals surface area contributed by atoms with Crippen LogP contribution in [0.25, 0.3) is 0 Å². The second-order valence-corrected chi connectivity index (χ2v) is 9.77. The minimum absolute atomic E-state index is 0.0101. The van der Waals surface area contributed by atoms with Crippen molar-refractivity contribution in [1.29, 1.82) is 0 Å². The van der Waals surface area contributed by atoms with Crippen molar-refractivity contribution < 1.29 is 22.3 Å². The van der Waals surface area contributed by atoms with Gasteiger partial charge in [0.25, 0.3) is 10.0 Å². The number of nitrogens with zero attached hydrogens (tertiary/aromatic N) is 2. The Hall–Kier alpha value is -2.68. The molecule has 0 spiro atoms. The van der Waals surface area contributed by atoms with Crippen LogP contribution in [0.1, 0.15) is 39.8 Å². The zero-order valence-corrected chi connectivity index (χ0v) is 17.6. The smallest absolute Gasteiger partial charge is 0.412 e. The van der Waals surface area contributed by atoms with Crippen LogP contribution in [0.2, 0.25) is 0 Å². The zero-order chi connectivity index (χ0) is 21.4. The summed E-state index contributed by atoms with van der Waals surface area (Å²) in [5.41, 5.74) is 0.662. The van der Waals surface area contributed by atoms with Crippen LogP contribution >= 0.6 is 0 Å². The normalized spacial score (nSPS) is 16.9. The summed E-state index contributed by atoms with van der Waals surface area (Å²) in [5, 5.41) is 2.59. The third-order valence-corrected chi connectivity index (χ3v) is 6.34. The number of amides is 1. The van der Waals surface area contributed by atoms with Crippen LogP contribution in [0.3, 0.4) is 0 Å². The molecule has 156 valence electrons. The second kappa shape index (κ2) is 7.62. The summed E-state index contributed by atoms with van der Waals surface area (Å²) in [6.45, 7) is 7.04. The molecular formula is C20H24FN3O4S. The monoisotopic (exact) mass is 421 g/mol. The molecule has 1 N–H and O–H groups in total. The number of nitrogens with one attached hydrogen (secondary N) is 1. The Balaban J connectivity index is 1.97. The van der Waals surface area contributed by atoms with E-state index in [9.17, 15) is 17.6 Å². The number of rotatable bonds is 3. The van der Waals surface area contributed by atoms with E-state index in [0.29, 0.717) is 29.9 Å². The first-order valence-corrected chi connectivity index (χ1v) is 10.7. The number of ether oxygens (including phenoxy) is 1. The maximum Gasteiger partial charge on any atom is 0.412 e. The van der Waals surface area contributed by atoms with Crippen molar-refractivity contribution >= 4 is 27.5 Å². The SMILES string of the molecule is C[C@H]1CCc2ncc(NC(=O)OC(C)(C)C)cc2N1S(=O)(=O)c1ccc(F)cc1. The van der Waals surface area contributed by atoms with E-state index in [1.54, 1.807) is 33.8 Å². The van der Waals surface area contributed by atoms with Gasteiger partial charge < -0.3 is 4.74 Å². The number of pyridine rings is 1. The van der Waals surface area contributed by atoms with E-state index in [2.05, 4.69) is 10.3 Å². The van der Waals surface area contributed by atoms with Crippen molar-refractivity contribution in [2.24, 2.45) is 0 Å². The third-order valence-electron chi connectivity index (χ3n) is 4.40. The average molecular weight is 421 g/mol. The summed E-state index contributed by atoms with van der Waals surface area (Å²) < 4.78 is 46.3.